The van der Waals surface area contributed by atoms with Crippen LogP contribution in [0.1, 0.15) is 17.5 Å². The van der Waals surface area contributed by atoms with Gasteiger partial charge in [-0.15, -0.1) is 0 Å². The first-order valence-electron chi connectivity index (χ1n) is 8.80. The zero-order chi connectivity index (χ0) is 18.0. The minimum Gasteiger partial charge on any atom is -0.497 e. The number of amides is 1. The Morgan fingerprint density at radius 1 is 0.885 bits per heavy atom. The smallest absolute Gasteiger partial charge is 0.228 e. The van der Waals surface area contributed by atoms with E-state index in [1.54, 1.807) is 7.11 Å². The van der Waals surface area contributed by atoms with Gasteiger partial charge in [0.15, 0.2) is 0 Å². The molecule has 0 aliphatic heterocycles. The summed E-state index contributed by atoms with van der Waals surface area (Å²) in [6, 6.07) is 28.1. The van der Waals surface area contributed by atoms with Crippen LogP contribution in [-0.2, 0) is 10.2 Å². The van der Waals surface area contributed by atoms with Crippen molar-refractivity contribution in [2.45, 2.75) is 11.8 Å². The van der Waals surface area contributed by atoms with E-state index < -0.39 is 0 Å². The van der Waals surface area contributed by atoms with Crippen LogP contribution in [-0.4, -0.2) is 13.0 Å². The third kappa shape index (κ3) is 2.86. The van der Waals surface area contributed by atoms with E-state index in [4.69, 9.17) is 4.74 Å². The maximum absolute atomic E-state index is 12.9. The zero-order valence-corrected chi connectivity index (χ0v) is 14.7. The molecule has 26 heavy (non-hydrogen) atoms. The Labute approximate surface area is 153 Å². The van der Waals surface area contributed by atoms with E-state index in [-0.39, 0.29) is 17.2 Å². The van der Waals surface area contributed by atoms with Gasteiger partial charge in [-0.25, -0.2) is 0 Å². The molecule has 3 nitrogen and oxygen atoms in total. The maximum atomic E-state index is 12.9. The molecule has 1 aliphatic rings. The lowest BCUT2D eigenvalue weighted by Gasteiger charge is -2.19. The van der Waals surface area contributed by atoms with E-state index in [9.17, 15) is 4.79 Å². The molecule has 0 heterocycles. The van der Waals surface area contributed by atoms with Crippen molar-refractivity contribution >= 4 is 11.6 Å². The number of anilines is 1. The van der Waals surface area contributed by atoms with E-state index in [1.165, 1.54) is 11.1 Å². The van der Waals surface area contributed by atoms with Crippen LogP contribution >= 0.6 is 0 Å². The number of carbonyl (C=O) groups excluding carboxylic acids is 1. The number of hydrogen-bond acceptors (Lipinski definition) is 2. The van der Waals surface area contributed by atoms with Gasteiger partial charge in [-0.2, -0.15) is 0 Å². The summed E-state index contributed by atoms with van der Waals surface area (Å²) >= 11 is 0. The van der Waals surface area contributed by atoms with Crippen LogP contribution in [0, 0.1) is 5.92 Å². The first kappa shape index (κ1) is 16.4. The van der Waals surface area contributed by atoms with Crippen LogP contribution in [0.15, 0.2) is 84.9 Å². The Morgan fingerprint density at radius 3 is 1.92 bits per heavy atom. The summed E-state index contributed by atoms with van der Waals surface area (Å²) in [7, 11) is 1.63. The highest BCUT2D eigenvalue weighted by Gasteiger charge is 2.60. The molecule has 1 atom stereocenters. The number of carbonyl (C=O) groups is 1. The third-order valence-electron chi connectivity index (χ3n) is 5.21. The Balaban J connectivity index is 1.61. The van der Waals surface area contributed by atoms with Gasteiger partial charge >= 0.3 is 0 Å². The average molecular weight is 343 g/mol. The third-order valence-corrected chi connectivity index (χ3v) is 5.21. The van der Waals surface area contributed by atoms with Crippen LogP contribution in [0.25, 0.3) is 0 Å². The van der Waals surface area contributed by atoms with Crippen LogP contribution < -0.4 is 10.1 Å². The lowest BCUT2D eigenvalue weighted by Crippen LogP contribution is -2.22. The van der Waals surface area contributed by atoms with Crippen molar-refractivity contribution in [2.24, 2.45) is 5.92 Å². The molecule has 0 radical (unpaired) electrons. The number of hydrogen-bond donors (Lipinski definition) is 1. The second kappa shape index (κ2) is 6.68. The Morgan fingerprint density at radius 2 is 1.42 bits per heavy atom. The van der Waals surface area contributed by atoms with Gasteiger partial charge in [-0.3, -0.25) is 4.79 Å². The summed E-state index contributed by atoms with van der Waals surface area (Å²) in [6.45, 7) is 0. The van der Waals surface area contributed by atoms with E-state index >= 15 is 0 Å². The predicted molar refractivity (Wildman–Crippen MR) is 103 cm³/mol. The van der Waals surface area contributed by atoms with Crippen molar-refractivity contribution in [1.29, 1.82) is 0 Å². The number of nitrogens with one attached hydrogen (secondary N) is 1. The fourth-order valence-electron chi connectivity index (χ4n) is 3.76. The van der Waals surface area contributed by atoms with Crippen molar-refractivity contribution in [3.05, 3.63) is 96.1 Å². The number of rotatable bonds is 5. The average Bonchev–Trinajstić information content (AvgIpc) is 3.47. The quantitative estimate of drug-likeness (QED) is 0.733. The Hall–Kier alpha value is -3.07. The van der Waals surface area contributed by atoms with Gasteiger partial charge in [-0.05, 0) is 41.8 Å². The fourth-order valence-corrected chi connectivity index (χ4v) is 3.76. The van der Waals surface area contributed by atoms with Crippen molar-refractivity contribution in [3.8, 4) is 5.75 Å². The van der Waals surface area contributed by atoms with Gasteiger partial charge < -0.3 is 10.1 Å². The molecule has 130 valence electrons. The van der Waals surface area contributed by atoms with Crippen LogP contribution in [0.2, 0.25) is 0 Å². The molecule has 0 spiro atoms. The standard InChI is InChI=1S/C23H21NO2/c1-26-20-14-12-19(13-15-20)24-22(25)21-16-23(21,17-8-4-2-5-9-17)18-10-6-3-7-11-18/h2-15,21H,16H2,1H3,(H,24,25). The summed E-state index contributed by atoms with van der Waals surface area (Å²) < 4.78 is 5.17. The van der Waals surface area contributed by atoms with Crippen LogP contribution in [0.5, 0.6) is 5.75 Å². The molecule has 0 saturated heterocycles. The highest BCUT2D eigenvalue weighted by molar-refractivity contribution is 5.97. The van der Waals surface area contributed by atoms with E-state index in [0.29, 0.717) is 0 Å². The lowest BCUT2D eigenvalue weighted by atomic mass is 9.85. The highest BCUT2D eigenvalue weighted by Crippen LogP contribution is 2.59. The molecule has 4 rings (SSSR count). The number of benzene rings is 3. The SMILES string of the molecule is COc1ccc(NC(=O)C2CC2(c2ccccc2)c2ccccc2)cc1. The number of ether oxygens (including phenoxy) is 1. The molecule has 3 heteroatoms. The summed E-state index contributed by atoms with van der Waals surface area (Å²) in [5.74, 6) is 0.759. The zero-order valence-electron chi connectivity index (χ0n) is 14.7. The van der Waals surface area contributed by atoms with Gasteiger partial charge in [0.2, 0.25) is 5.91 Å². The van der Waals surface area contributed by atoms with Crippen molar-refractivity contribution in [3.63, 3.8) is 0 Å². The van der Waals surface area contributed by atoms with Gasteiger partial charge in [-0.1, -0.05) is 60.7 Å². The molecule has 1 fully saturated rings. The second-order valence-electron chi connectivity index (χ2n) is 6.68. The molecule has 1 saturated carbocycles. The normalized spacial score (nSPS) is 17.3. The highest BCUT2D eigenvalue weighted by atomic mass is 16.5. The van der Waals surface area contributed by atoms with Gasteiger partial charge in [0, 0.05) is 11.1 Å². The molecule has 1 amide bonds. The molecular formula is C23H21NO2. The minimum atomic E-state index is -0.237. The summed E-state index contributed by atoms with van der Waals surface area (Å²) in [6.07, 6.45) is 0.822. The molecule has 1 N–H and O–H groups in total. The van der Waals surface area contributed by atoms with E-state index in [1.807, 2.05) is 60.7 Å². The van der Waals surface area contributed by atoms with Crippen molar-refractivity contribution in [1.82, 2.24) is 0 Å². The molecule has 0 bridgehead atoms. The van der Waals surface area contributed by atoms with E-state index in [0.717, 1.165) is 17.9 Å². The molecule has 3 aromatic carbocycles. The second-order valence-corrected chi connectivity index (χ2v) is 6.68. The summed E-state index contributed by atoms with van der Waals surface area (Å²) in [5, 5.41) is 3.05. The van der Waals surface area contributed by atoms with Crippen LogP contribution in [0.4, 0.5) is 5.69 Å². The fraction of sp³-hybridized carbons (Fsp3) is 0.174. The molecule has 3 aromatic rings. The van der Waals surface area contributed by atoms with Crippen LogP contribution in [0.3, 0.4) is 0 Å². The summed E-state index contributed by atoms with van der Waals surface area (Å²) in [5.41, 5.74) is 2.94. The van der Waals surface area contributed by atoms with E-state index in [2.05, 4.69) is 29.6 Å². The first-order valence-corrected chi connectivity index (χ1v) is 8.80. The van der Waals surface area contributed by atoms with Gasteiger partial charge in [0.1, 0.15) is 5.75 Å². The number of methoxy groups -OCH3 is 1. The topological polar surface area (TPSA) is 38.3 Å². The summed E-state index contributed by atoms with van der Waals surface area (Å²) in [4.78, 5) is 12.9. The Bertz CT molecular complexity index is 849. The van der Waals surface area contributed by atoms with Gasteiger partial charge in [0.05, 0.1) is 13.0 Å². The minimum absolute atomic E-state index is 0.0582. The predicted octanol–water partition coefficient (Wildman–Crippen LogP) is 4.64. The Kier molecular flexibility index (Phi) is 4.21. The largest absolute Gasteiger partial charge is 0.497 e. The molecule has 1 aliphatic carbocycles. The first-order chi connectivity index (χ1) is 12.7. The molecule has 0 aromatic heterocycles. The van der Waals surface area contributed by atoms with Crippen molar-refractivity contribution < 1.29 is 9.53 Å². The monoisotopic (exact) mass is 343 g/mol. The van der Waals surface area contributed by atoms with Crippen molar-refractivity contribution in [2.75, 3.05) is 12.4 Å². The molecular weight excluding hydrogens is 322 g/mol. The maximum Gasteiger partial charge on any atom is 0.228 e. The molecule has 1 unspecified atom stereocenters. The lowest BCUT2D eigenvalue weighted by molar-refractivity contribution is -0.117. The van der Waals surface area contributed by atoms with Gasteiger partial charge in [0.25, 0.3) is 0 Å².